The maximum atomic E-state index is 13.3. The minimum atomic E-state index is -0.307. The normalized spacial score (nSPS) is 11.8. The summed E-state index contributed by atoms with van der Waals surface area (Å²) in [4.78, 5) is 17.2. The molecule has 0 saturated carbocycles. The van der Waals surface area contributed by atoms with Gasteiger partial charge in [0.2, 0.25) is 0 Å². The van der Waals surface area contributed by atoms with Crippen molar-refractivity contribution in [2.45, 2.75) is 40.2 Å². The second-order valence-electron chi connectivity index (χ2n) is 7.22. The highest BCUT2D eigenvalue weighted by Crippen LogP contribution is 2.28. The van der Waals surface area contributed by atoms with Crippen LogP contribution in [0.1, 0.15) is 32.9 Å². The number of hydrogen-bond acceptors (Lipinski definition) is 5. The molecular weight excluding hydrogens is 359 g/mol. The molecular formula is C20H21FN6O. The van der Waals surface area contributed by atoms with Crippen LogP contribution in [0.15, 0.2) is 35.4 Å². The quantitative estimate of drug-likeness (QED) is 0.531. The number of halogens is 1. The molecule has 28 heavy (non-hydrogen) atoms. The van der Waals surface area contributed by atoms with Crippen LogP contribution in [0.5, 0.6) is 0 Å². The van der Waals surface area contributed by atoms with Gasteiger partial charge in [0.15, 0.2) is 16.8 Å². The van der Waals surface area contributed by atoms with Crippen LogP contribution in [-0.4, -0.2) is 29.4 Å². The number of aromatic nitrogens is 6. The van der Waals surface area contributed by atoms with Crippen molar-refractivity contribution < 1.29 is 4.39 Å². The number of aryl methyl sites for hydroxylation is 2. The Bertz CT molecular complexity index is 1210. The molecule has 7 nitrogen and oxygen atoms in total. The molecule has 0 spiro atoms. The summed E-state index contributed by atoms with van der Waals surface area (Å²) in [6, 6.07) is 6.18. The zero-order valence-corrected chi connectivity index (χ0v) is 16.1. The number of nitrogens with zero attached hydrogens (tertiary/aromatic N) is 6. The maximum Gasteiger partial charge on any atom is 0.283 e. The number of benzene rings is 1. The van der Waals surface area contributed by atoms with Crippen molar-refractivity contribution in [3.8, 4) is 11.1 Å². The van der Waals surface area contributed by atoms with E-state index in [1.165, 1.54) is 12.1 Å². The van der Waals surface area contributed by atoms with Gasteiger partial charge in [0.25, 0.3) is 5.56 Å². The lowest BCUT2D eigenvalue weighted by molar-refractivity contribution is 0.505. The van der Waals surface area contributed by atoms with Gasteiger partial charge in [0.1, 0.15) is 12.1 Å². The van der Waals surface area contributed by atoms with E-state index in [1.807, 2.05) is 6.92 Å². The summed E-state index contributed by atoms with van der Waals surface area (Å²) in [5.74, 6) is 0.172. The Kier molecular flexibility index (Phi) is 4.62. The number of rotatable bonds is 5. The highest BCUT2D eigenvalue weighted by Gasteiger charge is 2.19. The molecule has 0 aliphatic carbocycles. The Hall–Kier alpha value is -3.16. The maximum absolute atomic E-state index is 13.3. The summed E-state index contributed by atoms with van der Waals surface area (Å²) in [5.41, 5.74) is 3.21. The predicted octanol–water partition coefficient (Wildman–Crippen LogP) is 3.25. The molecule has 0 N–H and O–H groups in total. The lowest BCUT2D eigenvalue weighted by atomic mass is 10.0. The number of hydrogen-bond donors (Lipinski definition) is 0. The third kappa shape index (κ3) is 3.04. The minimum absolute atomic E-state index is 0.189. The van der Waals surface area contributed by atoms with Crippen molar-refractivity contribution in [1.29, 1.82) is 0 Å². The molecule has 144 valence electrons. The molecule has 8 heteroatoms. The lowest BCUT2D eigenvalue weighted by Gasteiger charge is -2.08. The van der Waals surface area contributed by atoms with Gasteiger partial charge in [-0.15, -0.1) is 10.2 Å². The minimum Gasteiger partial charge on any atom is -0.297 e. The van der Waals surface area contributed by atoms with Gasteiger partial charge in [-0.2, -0.15) is 9.61 Å². The van der Waals surface area contributed by atoms with Gasteiger partial charge in [0.05, 0.1) is 11.3 Å². The van der Waals surface area contributed by atoms with Crippen molar-refractivity contribution in [2.75, 3.05) is 0 Å². The second kappa shape index (κ2) is 7.10. The monoisotopic (exact) mass is 380 g/mol. The molecule has 0 aliphatic rings. The molecule has 0 bridgehead atoms. The Balaban J connectivity index is 1.92. The molecule has 0 aliphatic heterocycles. The van der Waals surface area contributed by atoms with E-state index >= 15 is 0 Å². The molecule has 0 radical (unpaired) electrons. The first-order valence-corrected chi connectivity index (χ1v) is 9.39. The molecule has 1 aromatic carbocycles. The van der Waals surface area contributed by atoms with Gasteiger partial charge in [-0.25, -0.2) is 9.37 Å². The first kappa shape index (κ1) is 18.2. The Morgan fingerprint density at radius 1 is 1.11 bits per heavy atom. The van der Waals surface area contributed by atoms with Crippen molar-refractivity contribution in [3.63, 3.8) is 0 Å². The highest BCUT2D eigenvalue weighted by molar-refractivity contribution is 5.83. The predicted molar refractivity (Wildman–Crippen MR) is 105 cm³/mol. The summed E-state index contributed by atoms with van der Waals surface area (Å²) < 4.78 is 16.5. The zero-order chi connectivity index (χ0) is 19.8. The molecule has 3 aromatic heterocycles. The van der Waals surface area contributed by atoms with Crippen molar-refractivity contribution in [2.24, 2.45) is 5.92 Å². The van der Waals surface area contributed by atoms with Gasteiger partial charge < -0.3 is 0 Å². The van der Waals surface area contributed by atoms with Crippen molar-refractivity contribution in [1.82, 2.24) is 29.4 Å². The second-order valence-corrected chi connectivity index (χ2v) is 7.22. The third-order valence-corrected chi connectivity index (χ3v) is 4.79. The Morgan fingerprint density at radius 3 is 2.54 bits per heavy atom. The fourth-order valence-electron chi connectivity index (χ4n) is 3.22. The Labute approximate surface area is 160 Å². The molecule has 3 heterocycles. The molecule has 0 fully saturated rings. The van der Waals surface area contributed by atoms with E-state index in [-0.39, 0.29) is 16.9 Å². The van der Waals surface area contributed by atoms with Crippen molar-refractivity contribution >= 4 is 16.8 Å². The molecule has 4 rings (SSSR count). The average Bonchev–Trinajstić information content (AvgIpc) is 3.07. The van der Waals surface area contributed by atoms with Gasteiger partial charge in [-0.05, 0) is 36.5 Å². The topological polar surface area (TPSA) is 78.0 Å². The fraction of sp³-hybridized carbons (Fsp3) is 0.350. The third-order valence-electron chi connectivity index (χ3n) is 4.79. The summed E-state index contributed by atoms with van der Waals surface area (Å²) in [7, 11) is 0. The summed E-state index contributed by atoms with van der Waals surface area (Å²) in [6.07, 6.45) is 3.07. The van der Waals surface area contributed by atoms with Gasteiger partial charge in [-0.3, -0.25) is 9.36 Å². The molecule has 0 amide bonds. The number of fused-ring (bicyclic) bond motifs is 3. The SMILES string of the molecule is CCc1nn2c(nnc3c(=O)n(CCC(C)C)cnc32)c1-c1ccc(F)cc1. The highest BCUT2D eigenvalue weighted by atomic mass is 19.1. The van der Waals surface area contributed by atoms with E-state index < -0.39 is 0 Å². The van der Waals surface area contributed by atoms with Crippen LogP contribution in [0.25, 0.3) is 27.9 Å². The van der Waals surface area contributed by atoms with Crippen LogP contribution in [-0.2, 0) is 13.0 Å². The summed E-state index contributed by atoms with van der Waals surface area (Å²) >= 11 is 0. The van der Waals surface area contributed by atoms with Crippen LogP contribution < -0.4 is 5.56 Å². The largest absolute Gasteiger partial charge is 0.297 e. The molecule has 4 aromatic rings. The van der Waals surface area contributed by atoms with Gasteiger partial charge in [-0.1, -0.05) is 32.9 Å². The van der Waals surface area contributed by atoms with E-state index in [0.717, 1.165) is 23.2 Å². The van der Waals surface area contributed by atoms with Crippen LogP contribution in [0.4, 0.5) is 4.39 Å². The zero-order valence-electron chi connectivity index (χ0n) is 16.1. The molecule has 0 saturated heterocycles. The molecule has 0 atom stereocenters. The van der Waals surface area contributed by atoms with Crippen molar-refractivity contribution in [3.05, 3.63) is 52.5 Å². The smallest absolute Gasteiger partial charge is 0.283 e. The summed E-state index contributed by atoms with van der Waals surface area (Å²) in [6.45, 7) is 6.78. The Morgan fingerprint density at radius 2 is 1.86 bits per heavy atom. The molecule has 0 unspecified atom stereocenters. The van der Waals surface area contributed by atoms with Crippen LogP contribution in [0.3, 0.4) is 0 Å². The summed E-state index contributed by atoms with van der Waals surface area (Å²) in [5, 5.41) is 13.1. The van der Waals surface area contributed by atoms with E-state index in [1.54, 1.807) is 27.5 Å². The van der Waals surface area contributed by atoms with E-state index in [4.69, 9.17) is 0 Å². The first-order valence-electron chi connectivity index (χ1n) is 9.39. The lowest BCUT2D eigenvalue weighted by Crippen LogP contribution is -2.23. The van der Waals surface area contributed by atoms with Gasteiger partial charge >= 0.3 is 0 Å². The van der Waals surface area contributed by atoms with E-state index in [9.17, 15) is 9.18 Å². The van der Waals surface area contributed by atoms with Crippen LogP contribution in [0.2, 0.25) is 0 Å². The fourth-order valence-corrected chi connectivity index (χ4v) is 3.22. The standard InChI is InChI=1S/C20H21FN6O/c1-4-15-16(13-5-7-14(21)8-6-13)18-24-23-17-19(27(18)25-15)22-11-26(20(17)28)10-9-12(2)3/h5-8,11-12H,4,9-10H2,1-3H3. The average molecular weight is 380 g/mol. The van der Waals surface area contributed by atoms with Crippen LogP contribution in [0, 0.1) is 11.7 Å². The van der Waals surface area contributed by atoms with Gasteiger partial charge in [0, 0.05) is 6.54 Å². The van der Waals surface area contributed by atoms with E-state index in [0.29, 0.717) is 30.2 Å². The first-order chi connectivity index (χ1) is 13.5. The van der Waals surface area contributed by atoms with Crippen LogP contribution >= 0.6 is 0 Å². The van der Waals surface area contributed by atoms with E-state index in [2.05, 4.69) is 34.1 Å².